The number of phenols is 1. The van der Waals surface area contributed by atoms with Crippen LogP contribution in [0.1, 0.15) is 109 Å². The first-order valence-electron chi connectivity index (χ1n) is 35.9. The first-order valence-corrected chi connectivity index (χ1v) is 38.4. The maximum Gasteiger partial charge on any atom is 0.305 e. The summed E-state index contributed by atoms with van der Waals surface area (Å²) in [6, 6.07) is -7.93. The van der Waals surface area contributed by atoms with Crippen molar-refractivity contribution in [1.29, 1.82) is 0 Å². The summed E-state index contributed by atoms with van der Waals surface area (Å²) in [5, 5.41) is 79.4. The summed E-state index contributed by atoms with van der Waals surface area (Å²) < 4.78 is 0. The monoisotopic (exact) mass is 1560 g/mol. The number of carboxylic acid groups (broad SMARTS) is 2. The van der Waals surface area contributed by atoms with Crippen LogP contribution in [0, 0.1) is 5.92 Å². The van der Waals surface area contributed by atoms with Gasteiger partial charge < -0.3 is 110 Å². The summed E-state index contributed by atoms with van der Waals surface area (Å²) in [6.07, 6.45) is -4.16. The van der Waals surface area contributed by atoms with Crippen molar-refractivity contribution in [2.24, 2.45) is 22.4 Å². The van der Waals surface area contributed by atoms with Crippen molar-refractivity contribution in [3.8, 4) is 5.75 Å². The minimum absolute atomic E-state index is 0.00208. The van der Waals surface area contributed by atoms with Gasteiger partial charge in [0.1, 0.15) is 84.3 Å². The average molecular weight is 1560 g/mol. The van der Waals surface area contributed by atoms with Crippen molar-refractivity contribution in [1.82, 2.24) is 73.2 Å². The van der Waals surface area contributed by atoms with E-state index in [0.29, 0.717) is 5.56 Å². The summed E-state index contributed by atoms with van der Waals surface area (Å²) in [5.41, 5.74) is 11.9. The fourth-order valence-corrected chi connectivity index (χ4v) is 15.4. The molecule has 0 aromatic heterocycles. The molecule has 2 bridgehead atoms. The van der Waals surface area contributed by atoms with E-state index in [2.05, 4.69) is 63.5 Å². The highest BCUT2D eigenvalue weighted by Crippen LogP contribution is 2.29. The van der Waals surface area contributed by atoms with Crippen LogP contribution in [0.25, 0.3) is 0 Å². The lowest BCUT2D eigenvalue weighted by Gasteiger charge is -2.34. The lowest BCUT2D eigenvalue weighted by Crippen LogP contribution is -2.62. The Labute approximate surface area is 634 Å². The van der Waals surface area contributed by atoms with Crippen LogP contribution in [0.15, 0.2) is 59.6 Å². The molecule has 0 saturated carbocycles. The van der Waals surface area contributed by atoms with E-state index in [4.69, 9.17) is 11.5 Å². The molecule has 2 aromatic rings. The van der Waals surface area contributed by atoms with Gasteiger partial charge in [0.25, 0.3) is 0 Å². The van der Waals surface area contributed by atoms with Crippen molar-refractivity contribution >= 4 is 122 Å². The number of phenolic OH excluding ortho intramolecular Hbond substituents is 1. The van der Waals surface area contributed by atoms with Crippen LogP contribution >= 0.6 is 21.6 Å². The first-order chi connectivity index (χ1) is 51.9. The molecule has 5 aliphatic heterocycles. The fraction of sp³-hybridized carbons (Fsp3) is 0.580. The Hall–Kier alpha value is -10.3. The molecule has 5 saturated heterocycles. The van der Waals surface area contributed by atoms with Gasteiger partial charge in [0.15, 0.2) is 5.96 Å². The molecule has 20 N–H and O–H groups in total. The number of benzene rings is 2. The maximum absolute atomic E-state index is 15.3. The fourth-order valence-electron chi connectivity index (χ4n) is 13.1. The topological polar surface area (TPSA) is 581 Å². The lowest BCUT2D eigenvalue weighted by molar-refractivity contribution is -0.148. The third kappa shape index (κ3) is 24.8. The minimum Gasteiger partial charge on any atom is -0.508 e. The SMILES string of the molecule is CC[C@H](C)[C@@H]1NC(=O)[C@@H]2CCCN2C(=O)[C@@H]2CCCN2C(=O)[C@H](CCC(=O)O)NC(=O)[C@H](CO)NC(=O)[C@H](Cc2ccc(O)cc2)NC(=O)[C@H]([C@@H](C)O)NC(=O)[C@@H]2CSSC[C@H](NC1=O)C(=O)N[C@@H](Cc1ccccc1)C(=O)N1CCC[C@H]1C(=O)N[C@@H](CC(=O)O)C(=O)NCC(=O)N[C@@H](CCCN=C(N)N)C(=O)N2. The van der Waals surface area contributed by atoms with E-state index in [9.17, 15) is 83.1 Å². The molecule has 38 nitrogen and oxygen atoms in total. The highest BCUT2D eigenvalue weighted by molar-refractivity contribution is 8.76. The van der Waals surface area contributed by atoms with E-state index in [0.717, 1.165) is 38.3 Å². The van der Waals surface area contributed by atoms with E-state index in [-0.39, 0.29) is 108 Å². The van der Waals surface area contributed by atoms with Crippen LogP contribution in [-0.2, 0) is 89.6 Å². The smallest absolute Gasteiger partial charge is 0.305 e. The molecule has 0 unspecified atom stereocenters. The largest absolute Gasteiger partial charge is 0.508 e. The van der Waals surface area contributed by atoms with Crippen LogP contribution in [-0.4, -0.2) is 276 Å². The van der Waals surface area contributed by atoms with E-state index in [1.807, 2.05) is 0 Å². The number of rotatable bonds is 17. The molecule has 5 fully saturated rings. The van der Waals surface area contributed by atoms with Gasteiger partial charge in [-0.3, -0.25) is 81.7 Å². The van der Waals surface area contributed by atoms with E-state index in [1.54, 1.807) is 44.2 Å². The number of aromatic hydroxyl groups is 1. The number of amides is 14. The number of fused-ring (bicyclic) bond motifs is 8. The predicted octanol–water partition coefficient (Wildman–Crippen LogP) is -5.66. The maximum atomic E-state index is 15.3. The van der Waals surface area contributed by atoms with Crippen LogP contribution in [0.5, 0.6) is 5.75 Å². The molecule has 5 heterocycles. The molecule has 7 rings (SSSR count). The molecule has 40 heteroatoms. The normalized spacial score (nSPS) is 27.5. The van der Waals surface area contributed by atoms with Gasteiger partial charge >= 0.3 is 11.9 Å². The van der Waals surface area contributed by atoms with Gasteiger partial charge in [-0.25, -0.2) is 0 Å². The quantitative estimate of drug-likeness (QED) is 0.0304. The molecule has 5 aliphatic rings. The molecular formula is C69H97N17O21S2. The number of carbonyl (C=O) groups is 16. The number of carbonyl (C=O) groups excluding carboxylic acids is 14. The van der Waals surface area contributed by atoms with Gasteiger partial charge in [-0.1, -0.05) is 84.3 Å². The Bertz CT molecular complexity index is 3690. The van der Waals surface area contributed by atoms with Gasteiger partial charge in [-0.2, -0.15) is 0 Å². The van der Waals surface area contributed by atoms with Crippen LogP contribution in [0.4, 0.5) is 0 Å². The number of nitrogens with zero attached hydrogens (tertiary/aromatic N) is 4. The van der Waals surface area contributed by atoms with E-state index >= 15 is 19.2 Å². The lowest BCUT2D eigenvalue weighted by atomic mass is 9.97. The van der Waals surface area contributed by atoms with Crippen molar-refractivity contribution in [2.75, 3.05) is 50.8 Å². The third-order valence-electron chi connectivity index (χ3n) is 19.2. The van der Waals surface area contributed by atoms with Crippen molar-refractivity contribution in [2.45, 2.75) is 195 Å². The highest BCUT2D eigenvalue weighted by Gasteiger charge is 2.47. The van der Waals surface area contributed by atoms with Gasteiger partial charge in [0.2, 0.25) is 82.7 Å². The minimum atomic E-state index is -2.06. The average Bonchev–Trinajstić information content (AvgIpc) is 1.75. The summed E-state index contributed by atoms with van der Waals surface area (Å²) in [4.78, 5) is 237. The molecular weight excluding hydrogens is 1470 g/mol. The standard InChI is InChI=1S/C69H97N17O21S2/c1-4-35(2)54-64(103)81-46-33-108-109-34-47(80-57(96)40(14-8-24-72-69(70)71)74-51(90)31-73-56(95)43(30-53(93)94)76-62(101)48-15-9-25-84(48)67(106)44(78-60(46)99)29-37-12-6-5-7-13-37)61(100)83-55(36(3)88)65(104)77-42(28-38-18-20-39(89)21-19-38)58(97)79-45(32-87)59(98)75-41(22-23-52(91)92)66(105)86-27-11-17-50(86)68(107)85-26-10-16-49(85)63(102)82-54/h5-7,12-13,18-21,35-36,40-50,54-55,87-89H,4,8-11,14-17,22-34H2,1-3H3,(H,73,95)(H,74,90)(H,75,98)(H,76,101)(H,77,104)(H,78,99)(H,79,97)(H,80,96)(H,81,103)(H,82,102)(H,83,100)(H,91,92)(H,93,94)(H4,70,71,72)/t35-,36+,40-,41-,42-,43-,44-,45-,46-,47-,48-,49-,50-,54-,55-/m0/s1. The number of guanidine groups is 1. The second-order valence-electron chi connectivity index (χ2n) is 27.2. The zero-order valence-corrected chi connectivity index (χ0v) is 62.1. The van der Waals surface area contributed by atoms with Crippen molar-refractivity contribution in [3.05, 3.63) is 65.7 Å². The second-order valence-corrected chi connectivity index (χ2v) is 29.8. The van der Waals surface area contributed by atoms with Crippen LogP contribution < -0.4 is 70.0 Å². The van der Waals surface area contributed by atoms with Crippen molar-refractivity contribution in [3.63, 3.8) is 0 Å². The first kappa shape index (κ1) is 85.9. The zero-order valence-electron chi connectivity index (χ0n) is 60.4. The molecule has 0 aliphatic carbocycles. The Kier molecular flexibility index (Phi) is 32.5. The number of nitrogens with one attached hydrogen (secondary N) is 11. The number of hydrogen-bond acceptors (Lipinski definition) is 22. The van der Waals surface area contributed by atoms with Crippen molar-refractivity contribution < 1.29 is 102 Å². The number of aliphatic carboxylic acids is 2. The van der Waals surface area contributed by atoms with Gasteiger partial charge in [-0.15, -0.1) is 0 Å². The Morgan fingerprint density at radius 2 is 1.01 bits per heavy atom. The Morgan fingerprint density at radius 1 is 0.523 bits per heavy atom. The molecule has 0 radical (unpaired) electrons. The Morgan fingerprint density at radius 3 is 1.60 bits per heavy atom. The van der Waals surface area contributed by atoms with E-state index in [1.165, 1.54) is 29.2 Å². The van der Waals surface area contributed by atoms with Crippen LogP contribution in [0.2, 0.25) is 0 Å². The number of aliphatic hydroxyl groups excluding tert-OH is 2. The number of hydrogen-bond donors (Lipinski definition) is 18. The zero-order chi connectivity index (χ0) is 79.8. The molecule has 14 amide bonds. The predicted molar refractivity (Wildman–Crippen MR) is 391 cm³/mol. The second kappa shape index (κ2) is 41.3. The molecule has 0 spiro atoms. The number of aliphatic imine (C=N–C) groups is 1. The number of aliphatic hydroxyl groups is 2. The number of nitrogens with two attached hydrogens (primary N) is 2. The highest BCUT2D eigenvalue weighted by atomic mass is 33.1. The molecule has 596 valence electrons. The summed E-state index contributed by atoms with van der Waals surface area (Å²) in [6.45, 7) is 2.00. The van der Waals surface area contributed by atoms with Gasteiger partial charge in [0.05, 0.1) is 25.7 Å². The molecule has 109 heavy (non-hydrogen) atoms. The third-order valence-corrected chi connectivity index (χ3v) is 21.6. The Balaban J connectivity index is 1.36. The molecule has 2 aromatic carbocycles. The summed E-state index contributed by atoms with van der Waals surface area (Å²) in [7, 11) is 1.62. The van der Waals surface area contributed by atoms with E-state index < -0.39 is 236 Å². The molecule has 15 atom stereocenters. The van der Waals surface area contributed by atoms with Gasteiger partial charge in [-0.05, 0) is 93.9 Å². The number of carboxylic acids is 2. The van der Waals surface area contributed by atoms with Gasteiger partial charge in [0, 0.05) is 56.9 Å². The summed E-state index contributed by atoms with van der Waals surface area (Å²) in [5.74, 6) is -19.8. The summed E-state index contributed by atoms with van der Waals surface area (Å²) >= 11 is 0. The van der Waals surface area contributed by atoms with Crippen LogP contribution in [0.3, 0.4) is 0 Å².